The molecule has 0 atom stereocenters. The highest BCUT2D eigenvalue weighted by Crippen LogP contribution is 2.25. The molecular formula is C12H24N2O. The van der Waals surface area contributed by atoms with E-state index in [9.17, 15) is 0 Å². The Bertz CT molecular complexity index is 182. The van der Waals surface area contributed by atoms with Crippen LogP contribution in [-0.4, -0.2) is 62.3 Å². The number of rotatable bonds is 2. The summed E-state index contributed by atoms with van der Waals surface area (Å²) in [7, 11) is 4.42. The van der Waals surface area contributed by atoms with Crippen molar-refractivity contribution in [1.82, 2.24) is 9.80 Å². The van der Waals surface area contributed by atoms with Gasteiger partial charge in [0.2, 0.25) is 0 Å². The Labute approximate surface area is 93.4 Å². The zero-order valence-electron chi connectivity index (χ0n) is 10.1. The van der Waals surface area contributed by atoms with Crippen LogP contribution in [0.5, 0.6) is 0 Å². The molecule has 2 rings (SSSR count). The molecule has 0 unspecified atom stereocenters. The van der Waals surface area contributed by atoms with E-state index in [1.165, 1.54) is 25.7 Å². The van der Waals surface area contributed by atoms with Crippen LogP contribution in [0, 0.1) is 0 Å². The molecule has 0 N–H and O–H groups in total. The molecule has 0 aromatic carbocycles. The van der Waals surface area contributed by atoms with Crippen molar-refractivity contribution in [1.29, 1.82) is 0 Å². The third kappa shape index (κ3) is 2.92. The van der Waals surface area contributed by atoms with Crippen molar-refractivity contribution >= 4 is 0 Å². The van der Waals surface area contributed by atoms with Gasteiger partial charge in [-0.05, 0) is 39.8 Å². The predicted octanol–water partition coefficient (Wildman–Crippen LogP) is 1.19. The summed E-state index contributed by atoms with van der Waals surface area (Å²) in [6.45, 7) is 4.18. The first-order valence-electron chi connectivity index (χ1n) is 6.25. The quantitative estimate of drug-likeness (QED) is 0.684. The Balaban J connectivity index is 1.77. The normalized spacial score (nSPS) is 34.6. The summed E-state index contributed by atoms with van der Waals surface area (Å²) in [6, 6.07) is 1.66. The second kappa shape index (κ2) is 5.28. The first-order valence-corrected chi connectivity index (χ1v) is 6.25. The summed E-state index contributed by atoms with van der Waals surface area (Å²) >= 11 is 0. The summed E-state index contributed by atoms with van der Waals surface area (Å²) in [5, 5.41) is 0. The number of morpholine rings is 1. The van der Waals surface area contributed by atoms with Gasteiger partial charge in [0.05, 0.1) is 13.2 Å². The fourth-order valence-corrected chi connectivity index (χ4v) is 2.88. The molecule has 0 spiro atoms. The molecule has 2 fully saturated rings. The van der Waals surface area contributed by atoms with Gasteiger partial charge in [-0.25, -0.2) is 0 Å². The fourth-order valence-electron chi connectivity index (χ4n) is 2.88. The van der Waals surface area contributed by atoms with Crippen molar-refractivity contribution < 1.29 is 4.74 Å². The Morgan fingerprint density at radius 2 is 1.60 bits per heavy atom. The van der Waals surface area contributed by atoms with E-state index in [0.29, 0.717) is 0 Å². The molecule has 1 saturated carbocycles. The van der Waals surface area contributed by atoms with E-state index in [2.05, 4.69) is 23.9 Å². The minimum Gasteiger partial charge on any atom is -0.379 e. The van der Waals surface area contributed by atoms with Gasteiger partial charge in [-0.3, -0.25) is 4.90 Å². The molecule has 0 aromatic heterocycles. The van der Waals surface area contributed by atoms with Crippen LogP contribution < -0.4 is 0 Å². The maximum Gasteiger partial charge on any atom is 0.0594 e. The zero-order chi connectivity index (χ0) is 10.7. The lowest BCUT2D eigenvalue weighted by atomic mass is 9.89. The topological polar surface area (TPSA) is 15.7 Å². The molecule has 1 aliphatic carbocycles. The molecule has 3 nitrogen and oxygen atoms in total. The molecule has 0 amide bonds. The highest BCUT2D eigenvalue weighted by molar-refractivity contribution is 4.83. The molecule has 88 valence electrons. The summed E-state index contributed by atoms with van der Waals surface area (Å²) in [5.74, 6) is 0. The standard InChI is InChI=1S/C12H24N2O/c1-13(2)11-3-5-12(6-4-11)14-7-9-15-10-8-14/h11-12H,3-10H2,1-2H3. The first-order chi connectivity index (χ1) is 7.27. The van der Waals surface area contributed by atoms with Gasteiger partial charge in [0.15, 0.2) is 0 Å². The molecule has 1 saturated heterocycles. The van der Waals surface area contributed by atoms with Gasteiger partial charge in [-0.1, -0.05) is 0 Å². The summed E-state index contributed by atoms with van der Waals surface area (Å²) in [5.41, 5.74) is 0. The zero-order valence-corrected chi connectivity index (χ0v) is 10.1. The Morgan fingerprint density at radius 1 is 1.00 bits per heavy atom. The van der Waals surface area contributed by atoms with Crippen molar-refractivity contribution in [3.63, 3.8) is 0 Å². The smallest absolute Gasteiger partial charge is 0.0594 e. The van der Waals surface area contributed by atoms with Crippen molar-refractivity contribution in [3.05, 3.63) is 0 Å². The number of hydrogen-bond donors (Lipinski definition) is 0. The largest absolute Gasteiger partial charge is 0.379 e. The van der Waals surface area contributed by atoms with E-state index in [1.54, 1.807) is 0 Å². The SMILES string of the molecule is CN(C)C1CCC(N2CCOCC2)CC1. The molecule has 0 radical (unpaired) electrons. The lowest BCUT2D eigenvalue weighted by molar-refractivity contribution is 0.00323. The van der Waals surface area contributed by atoms with E-state index < -0.39 is 0 Å². The van der Waals surface area contributed by atoms with Crippen molar-refractivity contribution in [2.45, 2.75) is 37.8 Å². The Kier molecular flexibility index (Phi) is 4.00. The van der Waals surface area contributed by atoms with E-state index >= 15 is 0 Å². The summed E-state index contributed by atoms with van der Waals surface area (Å²) < 4.78 is 5.40. The Hall–Kier alpha value is -0.120. The van der Waals surface area contributed by atoms with Crippen LogP contribution in [0.3, 0.4) is 0 Å². The molecular weight excluding hydrogens is 188 g/mol. The van der Waals surface area contributed by atoms with E-state index in [-0.39, 0.29) is 0 Å². The molecule has 3 heteroatoms. The van der Waals surface area contributed by atoms with E-state index in [1.807, 2.05) is 0 Å². The van der Waals surface area contributed by atoms with Gasteiger partial charge in [0.1, 0.15) is 0 Å². The highest BCUT2D eigenvalue weighted by atomic mass is 16.5. The monoisotopic (exact) mass is 212 g/mol. The Morgan fingerprint density at radius 3 is 2.13 bits per heavy atom. The van der Waals surface area contributed by atoms with Gasteiger partial charge in [-0.15, -0.1) is 0 Å². The van der Waals surface area contributed by atoms with Gasteiger partial charge >= 0.3 is 0 Å². The third-order valence-corrected chi connectivity index (χ3v) is 3.96. The predicted molar refractivity (Wildman–Crippen MR) is 62.1 cm³/mol. The molecule has 1 aliphatic heterocycles. The number of nitrogens with zero attached hydrogens (tertiary/aromatic N) is 2. The number of hydrogen-bond acceptors (Lipinski definition) is 3. The summed E-state index contributed by atoms with van der Waals surface area (Å²) in [6.07, 6.45) is 5.50. The third-order valence-electron chi connectivity index (χ3n) is 3.96. The molecule has 15 heavy (non-hydrogen) atoms. The lowest BCUT2D eigenvalue weighted by Gasteiger charge is -2.40. The molecule has 0 bridgehead atoms. The fraction of sp³-hybridized carbons (Fsp3) is 1.00. The van der Waals surface area contributed by atoms with Gasteiger partial charge in [-0.2, -0.15) is 0 Å². The molecule has 2 aliphatic rings. The van der Waals surface area contributed by atoms with Crippen molar-refractivity contribution in [2.24, 2.45) is 0 Å². The van der Waals surface area contributed by atoms with Crippen LogP contribution in [0.15, 0.2) is 0 Å². The van der Waals surface area contributed by atoms with E-state index in [4.69, 9.17) is 4.74 Å². The van der Waals surface area contributed by atoms with Gasteiger partial charge in [0.25, 0.3) is 0 Å². The first kappa shape index (κ1) is 11.4. The second-order valence-corrected chi connectivity index (χ2v) is 5.07. The molecule has 1 heterocycles. The minimum atomic E-state index is 0.822. The van der Waals surface area contributed by atoms with E-state index in [0.717, 1.165) is 38.4 Å². The van der Waals surface area contributed by atoms with Crippen LogP contribution in [0.25, 0.3) is 0 Å². The highest BCUT2D eigenvalue weighted by Gasteiger charge is 2.27. The van der Waals surface area contributed by atoms with Crippen LogP contribution in [-0.2, 0) is 4.74 Å². The lowest BCUT2D eigenvalue weighted by Crippen LogP contribution is -2.46. The minimum absolute atomic E-state index is 0.822. The van der Waals surface area contributed by atoms with Crippen molar-refractivity contribution in [2.75, 3.05) is 40.4 Å². The average Bonchev–Trinajstić information content (AvgIpc) is 2.30. The van der Waals surface area contributed by atoms with Crippen LogP contribution in [0.1, 0.15) is 25.7 Å². The summed E-state index contributed by atoms with van der Waals surface area (Å²) in [4.78, 5) is 5.02. The van der Waals surface area contributed by atoms with Crippen LogP contribution in [0.4, 0.5) is 0 Å². The molecule has 0 aromatic rings. The van der Waals surface area contributed by atoms with Crippen LogP contribution >= 0.6 is 0 Å². The average molecular weight is 212 g/mol. The van der Waals surface area contributed by atoms with Crippen LogP contribution in [0.2, 0.25) is 0 Å². The van der Waals surface area contributed by atoms with Crippen molar-refractivity contribution in [3.8, 4) is 0 Å². The number of ether oxygens (including phenoxy) is 1. The van der Waals surface area contributed by atoms with Gasteiger partial charge < -0.3 is 9.64 Å². The maximum absolute atomic E-state index is 5.40. The maximum atomic E-state index is 5.40. The second-order valence-electron chi connectivity index (χ2n) is 5.07. The van der Waals surface area contributed by atoms with Gasteiger partial charge in [0, 0.05) is 25.2 Å².